The van der Waals surface area contributed by atoms with Crippen LogP contribution in [0.4, 0.5) is 0 Å². The molecule has 94 valence electrons. The summed E-state index contributed by atoms with van der Waals surface area (Å²) in [4.78, 5) is 7.71. The highest BCUT2D eigenvalue weighted by Crippen LogP contribution is 2.12. The van der Waals surface area contributed by atoms with Crippen LogP contribution in [-0.2, 0) is 6.42 Å². The van der Waals surface area contributed by atoms with Crippen LogP contribution in [-0.4, -0.2) is 20.9 Å². The molecule has 1 heterocycles. The minimum Gasteiger partial charge on any atom is -0.411 e. The van der Waals surface area contributed by atoms with E-state index in [1.807, 2.05) is 54.6 Å². The van der Waals surface area contributed by atoms with Gasteiger partial charge in [-0.25, -0.2) is 4.98 Å². The SMILES string of the molecule is O/N=C(/Cc1nc2ccccc2[nH]1)c1ccccc1. The molecule has 0 aliphatic carbocycles. The first kappa shape index (κ1) is 11.5. The molecule has 0 aliphatic heterocycles. The molecule has 3 rings (SSSR count). The molecule has 0 unspecified atom stereocenters. The lowest BCUT2D eigenvalue weighted by Crippen LogP contribution is -2.06. The summed E-state index contributed by atoms with van der Waals surface area (Å²) in [5.74, 6) is 0.790. The van der Waals surface area contributed by atoms with E-state index < -0.39 is 0 Å². The maximum atomic E-state index is 9.16. The highest BCUT2D eigenvalue weighted by atomic mass is 16.4. The van der Waals surface area contributed by atoms with Crippen molar-refractivity contribution in [2.75, 3.05) is 0 Å². The highest BCUT2D eigenvalue weighted by Gasteiger charge is 2.09. The maximum absolute atomic E-state index is 9.16. The minimum atomic E-state index is 0.467. The van der Waals surface area contributed by atoms with Crippen molar-refractivity contribution < 1.29 is 5.21 Å². The largest absolute Gasteiger partial charge is 0.411 e. The number of oxime groups is 1. The van der Waals surface area contributed by atoms with Gasteiger partial charge in [0, 0.05) is 0 Å². The van der Waals surface area contributed by atoms with Gasteiger partial charge in [-0.2, -0.15) is 0 Å². The van der Waals surface area contributed by atoms with Crippen molar-refractivity contribution in [1.29, 1.82) is 0 Å². The third-order valence-electron chi connectivity index (χ3n) is 3.00. The number of rotatable bonds is 3. The normalized spacial score (nSPS) is 11.9. The van der Waals surface area contributed by atoms with E-state index in [1.54, 1.807) is 0 Å². The van der Waals surface area contributed by atoms with Gasteiger partial charge in [-0.3, -0.25) is 0 Å². The Bertz CT molecular complexity index is 683. The lowest BCUT2D eigenvalue weighted by Gasteiger charge is -2.01. The van der Waals surface area contributed by atoms with Crippen LogP contribution in [0.5, 0.6) is 0 Å². The summed E-state index contributed by atoms with van der Waals surface area (Å²) in [5, 5.41) is 12.5. The van der Waals surface area contributed by atoms with Crippen LogP contribution in [0.3, 0.4) is 0 Å². The van der Waals surface area contributed by atoms with Gasteiger partial charge in [0.05, 0.1) is 23.2 Å². The molecule has 0 saturated heterocycles. The molecule has 0 radical (unpaired) electrons. The Morgan fingerprint density at radius 2 is 1.79 bits per heavy atom. The van der Waals surface area contributed by atoms with Gasteiger partial charge in [-0.05, 0) is 17.7 Å². The topological polar surface area (TPSA) is 61.3 Å². The van der Waals surface area contributed by atoms with E-state index in [4.69, 9.17) is 5.21 Å². The third-order valence-corrected chi connectivity index (χ3v) is 3.00. The average molecular weight is 251 g/mol. The number of hydrogen-bond donors (Lipinski definition) is 2. The van der Waals surface area contributed by atoms with E-state index >= 15 is 0 Å². The van der Waals surface area contributed by atoms with Gasteiger partial charge in [-0.15, -0.1) is 0 Å². The molecule has 4 nitrogen and oxygen atoms in total. The fraction of sp³-hybridized carbons (Fsp3) is 0.0667. The van der Waals surface area contributed by atoms with E-state index in [-0.39, 0.29) is 0 Å². The first-order chi connectivity index (χ1) is 9.36. The number of aromatic nitrogens is 2. The molecule has 0 spiro atoms. The Labute approximate surface area is 110 Å². The molecule has 0 atom stereocenters. The molecule has 0 aliphatic rings. The summed E-state index contributed by atoms with van der Waals surface area (Å²) in [5.41, 5.74) is 3.40. The molecule has 0 saturated carbocycles. The number of imidazole rings is 1. The van der Waals surface area contributed by atoms with Gasteiger partial charge in [-0.1, -0.05) is 47.6 Å². The van der Waals surface area contributed by atoms with Crippen LogP contribution in [0, 0.1) is 0 Å². The number of hydrogen-bond acceptors (Lipinski definition) is 3. The van der Waals surface area contributed by atoms with Gasteiger partial charge in [0.25, 0.3) is 0 Å². The average Bonchev–Trinajstić information content (AvgIpc) is 2.88. The number of benzene rings is 2. The van der Waals surface area contributed by atoms with E-state index in [9.17, 15) is 0 Å². The van der Waals surface area contributed by atoms with Crippen LogP contribution < -0.4 is 0 Å². The van der Waals surface area contributed by atoms with Crippen molar-refractivity contribution in [2.24, 2.45) is 5.16 Å². The van der Waals surface area contributed by atoms with Crippen molar-refractivity contribution in [1.82, 2.24) is 9.97 Å². The monoisotopic (exact) mass is 251 g/mol. The standard InChI is InChI=1S/C15H13N3O/c19-18-14(11-6-2-1-3-7-11)10-15-16-12-8-4-5-9-13(12)17-15/h1-9,19H,10H2,(H,16,17)/b18-14-. The molecule has 3 aromatic rings. The quantitative estimate of drug-likeness (QED) is 0.427. The Hall–Kier alpha value is -2.62. The zero-order chi connectivity index (χ0) is 13.1. The van der Waals surface area contributed by atoms with Crippen LogP contribution in [0.2, 0.25) is 0 Å². The summed E-state index contributed by atoms with van der Waals surface area (Å²) < 4.78 is 0. The molecule has 0 fully saturated rings. The molecule has 19 heavy (non-hydrogen) atoms. The Morgan fingerprint density at radius 3 is 2.53 bits per heavy atom. The molecule has 1 aromatic heterocycles. The van der Waals surface area contributed by atoms with Crippen molar-refractivity contribution in [3.05, 3.63) is 66.0 Å². The van der Waals surface area contributed by atoms with Gasteiger partial charge >= 0.3 is 0 Å². The van der Waals surface area contributed by atoms with E-state index in [0.717, 1.165) is 22.4 Å². The Morgan fingerprint density at radius 1 is 1.05 bits per heavy atom. The summed E-state index contributed by atoms with van der Waals surface area (Å²) in [6.45, 7) is 0. The van der Waals surface area contributed by atoms with E-state index in [1.165, 1.54) is 0 Å². The predicted octanol–water partition coefficient (Wildman–Crippen LogP) is 2.98. The van der Waals surface area contributed by atoms with E-state index in [0.29, 0.717) is 12.1 Å². The summed E-state index contributed by atoms with van der Waals surface area (Å²) in [7, 11) is 0. The first-order valence-electron chi connectivity index (χ1n) is 6.07. The number of H-pyrrole nitrogens is 1. The van der Waals surface area contributed by atoms with Crippen molar-refractivity contribution >= 4 is 16.7 Å². The summed E-state index contributed by atoms with van der Waals surface area (Å²) in [6, 6.07) is 17.4. The Kier molecular flexibility index (Phi) is 2.98. The zero-order valence-corrected chi connectivity index (χ0v) is 10.2. The number of nitrogens with one attached hydrogen (secondary N) is 1. The number of fused-ring (bicyclic) bond motifs is 1. The summed E-state index contributed by atoms with van der Waals surface area (Å²) in [6.07, 6.45) is 0.467. The molecule has 0 amide bonds. The van der Waals surface area contributed by atoms with E-state index in [2.05, 4.69) is 15.1 Å². The number of aromatic amines is 1. The van der Waals surface area contributed by atoms with Crippen molar-refractivity contribution in [3.8, 4) is 0 Å². The third kappa shape index (κ3) is 2.33. The smallest absolute Gasteiger partial charge is 0.113 e. The fourth-order valence-electron chi connectivity index (χ4n) is 2.07. The molecule has 2 N–H and O–H groups in total. The molecule has 0 bridgehead atoms. The second kappa shape index (κ2) is 4.94. The zero-order valence-electron chi connectivity index (χ0n) is 10.2. The molecule has 2 aromatic carbocycles. The predicted molar refractivity (Wildman–Crippen MR) is 74.6 cm³/mol. The van der Waals surface area contributed by atoms with Crippen LogP contribution in [0.15, 0.2) is 59.8 Å². The lowest BCUT2D eigenvalue weighted by molar-refractivity contribution is 0.318. The van der Waals surface area contributed by atoms with Crippen molar-refractivity contribution in [3.63, 3.8) is 0 Å². The number of nitrogens with zero attached hydrogens (tertiary/aromatic N) is 2. The molecular formula is C15H13N3O. The Balaban J connectivity index is 1.91. The van der Waals surface area contributed by atoms with Crippen molar-refractivity contribution in [2.45, 2.75) is 6.42 Å². The van der Waals surface area contributed by atoms with Gasteiger partial charge in [0.15, 0.2) is 0 Å². The van der Waals surface area contributed by atoms with Gasteiger partial charge in [0.1, 0.15) is 5.82 Å². The van der Waals surface area contributed by atoms with Crippen LogP contribution in [0.25, 0.3) is 11.0 Å². The van der Waals surface area contributed by atoms with Crippen LogP contribution >= 0.6 is 0 Å². The second-order valence-electron chi connectivity index (χ2n) is 4.29. The molecular weight excluding hydrogens is 238 g/mol. The van der Waals surface area contributed by atoms with Gasteiger partial charge < -0.3 is 10.2 Å². The molecule has 4 heteroatoms. The first-order valence-corrected chi connectivity index (χ1v) is 6.07. The van der Waals surface area contributed by atoms with Crippen LogP contribution in [0.1, 0.15) is 11.4 Å². The van der Waals surface area contributed by atoms with Gasteiger partial charge in [0.2, 0.25) is 0 Å². The number of para-hydroxylation sites is 2. The second-order valence-corrected chi connectivity index (χ2v) is 4.29. The summed E-state index contributed by atoms with van der Waals surface area (Å²) >= 11 is 0. The minimum absolute atomic E-state index is 0.467. The fourth-order valence-corrected chi connectivity index (χ4v) is 2.07. The lowest BCUT2D eigenvalue weighted by atomic mass is 10.1. The maximum Gasteiger partial charge on any atom is 0.113 e. The highest BCUT2D eigenvalue weighted by molar-refractivity contribution is 6.01.